The third-order valence-electron chi connectivity index (χ3n) is 5.27. The van der Waals surface area contributed by atoms with E-state index in [4.69, 9.17) is 0 Å². The number of hydrogen-bond acceptors (Lipinski definition) is 6. The Labute approximate surface area is 177 Å². The van der Waals surface area contributed by atoms with Crippen LogP contribution in [-0.4, -0.2) is 35.4 Å². The molecule has 3 aromatic rings. The standard InChI is InChI=1S/C23H25N3O3S/c1-15-8-18(19-12-25-16(2)26-13-19)6-7-21(15)23(3,4)22(27)10-17-9-20(14-24-11-17)30(5,28)29/h6-9,11-14H,10H2,1-5H3. The molecule has 0 aliphatic carbocycles. The molecule has 156 valence electrons. The molecule has 1 aromatic carbocycles. The van der Waals surface area contributed by atoms with Gasteiger partial charge in [0.25, 0.3) is 0 Å². The summed E-state index contributed by atoms with van der Waals surface area (Å²) in [5.41, 5.74) is 3.67. The maximum atomic E-state index is 13.1. The van der Waals surface area contributed by atoms with E-state index in [1.54, 1.807) is 12.4 Å². The van der Waals surface area contributed by atoms with Crippen LogP contribution < -0.4 is 0 Å². The van der Waals surface area contributed by atoms with E-state index >= 15 is 0 Å². The van der Waals surface area contributed by atoms with Gasteiger partial charge in [-0.05, 0) is 56.0 Å². The summed E-state index contributed by atoms with van der Waals surface area (Å²) in [7, 11) is -3.37. The number of sulfone groups is 1. The van der Waals surface area contributed by atoms with Crippen molar-refractivity contribution < 1.29 is 13.2 Å². The molecular weight excluding hydrogens is 398 g/mol. The van der Waals surface area contributed by atoms with Gasteiger partial charge in [-0.2, -0.15) is 0 Å². The zero-order valence-electron chi connectivity index (χ0n) is 17.8. The molecule has 0 radical (unpaired) electrons. The maximum Gasteiger partial charge on any atom is 0.177 e. The van der Waals surface area contributed by atoms with Gasteiger partial charge >= 0.3 is 0 Å². The molecule has 3 rings (SSSR count). The van der Waals surface area contributed by atoms with Crippen molar-refractivity contribution in [2.24, 2.45) is 0 Å². The monoisotopic (exact) mass is 423 g/mol. The number of ketones is 1. The van der Waals surface area contributed by atoms with E-state index in [0.29, 0.717) is 11.4 Å². The van der Waals surface area contributed by atoms with E-state index in [0.717, 1.165) is 28.5 Å². The van der Waals surface area contributed by atoms with Crippen LogP contribution in [0.3, 0.4) is 0 Å². The zero-order valence-corrected chi connectivity index (χ0v) is 18.6. The number of nitrogens with zero attached hydrogens (tertiary/aromatic N) is 3. The summed E-state index contributed by atoms with van der Waals surface area (Å²) < 4.78 is 23.5. The van der Waals surface area contributed by atoms with E-state index in [-0.39, 0.29) is 17.1 Å². The fourth-order valence-corrected chi connectivity index (χ4v) is 4.02. The van der Waals surface area contributed by atoms with Crippen LogP contribution in [0.15, 0.2) is 53.9 Å². The summed E-state index contributed by atoms with van der Waals surface area (Å²) in [5, 5.41) is 0. The number of benzene rings is 1. The summed E-state index contributed by atoms with van der Waals surface area (Å²) in [6.45, 7) is 7.60. The molecule has 30 heavy (non-hydrogen) atoms. The van der Waals surface area contributed by atoms with Crippen molar-refractivity contribution in [3.05, 3.63) is 71.6 Å². The van der Waals surface area contributed by atoms with Crippen LogP contribution in [-0.2, 0) is 26.5 Å². The molecule has 6 nitrogen and oxygen atoms in total. The Bertz CT molecular complexity index is 1200. The van der Waals surface area contributed by atoms with Gasteiger partial charge in [-0.3, -0.25) is 9.78 Å². The first-order valence-corrected chi connectivity index (χ1v) is 11.4. The fraction of sp³-hybridized carbons (Fsp3) is 0.304. The number of aryl methyl sites for hydroxylation is 2. The van der Waals surface area contributed by atoms with Crippen molar-refractivity contribution in [3.63, 3.8) is 0 Å². The summed E-state index contributed by atoms with van der Waals surface area (Å²) in [4.78, 5) is 25.7. The molecule has 0 spiro atoms. The number of pyridine rings is 1. The molecule has 0 aliphatic rings. The van der Waals surface area contributed by atoms with Gasteiger partial charge in [-0.15, -0.1) is 0 Å². The molecule has 0 atom stereocenters. The van der Waals surface area contributed by atoms with Crippen LogP contribution in [0.25, 0.3) is 11.1 Å². The lowest BCUT2D eigenvalue weighted by atomic mass is 9.76. The van der Waals surface area contributed by atoms with Gasteiger partial charge in [-0.1, -0.05) is 18.2 Å². The third-order valence-corrected chi connectivity index (χ3v) is 6.35. The Morgan fingerprint density at radius 3 is 2.23 bits per heavy atom. The van der Waals surface area contributed by atoms with Crippen molar-refractivity contribution in [3.8, 4) is 11.1 Å². The molecular formula is C23H25N3O3S. The number of Topliss-reactive ketones (excluding diaryl/α,β-unsaturated/α-hetero) is 1. The largest absolute Gasteiger partial charge is 0.298 e. The average Bonchev–Trinajstić information content (AvgIpc) is 2.67. The summed E-state index contributed by atoms with van der Waals surface area (Å²) in [5.74, 6) is 0.706. The average molecular weight is 424 g/mol. The van der Waals surface area contributed by atoms with Crippen molar-refractivity contribution >= 4 is 15.6 Å². The first-order valence-electron chi connectivity index (χ1n) is 9.56. The minimum atomic E-state index is -3.37. The van der Waals surface area contributed by atoms with Gasteiger partial charge in [-0.25, -0.2) is 18.4 Å². The summed E-state index contributed by atoms with van der Waals surface area (Å²) in [6.07, 6.45) is 7.64. The van der Waals surface area contributed by atoms with Gasteiger partial charge < -0.3 is 0 Å². The van der Waals surface area contributed by atoms with Crippen LogP contribution in [0.4, 0.5) is 0 Å². The molecule has 2 aromatic heterocycles. The first kappa shape index (κ1) is 21.8. The van der Waals surface area contributed by atoms with Crippen LogP contribution >= 0.6 is 0 Å². The zero-order chi connectivity index (χ0) is 22.1. The lowest BCUT2D eigenvalue weighted by Crippen LogP contribution is -2.31. The van der Waals surface area contributed by atoms with E-state index in [1.807, 2.05) is 45.9 Å². The molecule has 0 saturated heterocycles. The predicted molar refractivity (Wildman–Crippen MR) is 116 cm³/mol. The van der Waals surface area contributed by atoms with Crippen molar-refractivity contribution in [2.45, 2.75) is 44.4 Å². The Morgan fingerprint density at radius 1 is 0.967 bits per heavy atom. The Balaban J connectivity index is 1.87. The lowest BCUT2D eigenvalue weighted by Gasteiger charge is -2.26. The lowest BCUT2D eigenvalue weighted by molar-refractivity contribution is -0.122. The molecule has 0 aliphatic heterocycles. The Kier molecular flexibility index (Phi) is 5.85. The highest BCUT2D eigenvalue weighted by atomic mass is 32.2. The SMILES string of the molecule is Cc1ncc(-c2ccc(C(C)(C)C(=O)Cc3cncc(S(C)(=O)=O)c3)c(C)c2)cn1. The number of carbonyl (C=O) groups is 1. The van der Waals surface area contributed by atoms with Crippen LogP contribution in [0.2, 0.25) is 0 Å². The first-order chi connectivity index (χ1) is 14.0. The summed E-state index contributed by atoms with van der Waals surface area (Å²) in [6, 6.07) is 7.48. The van der Waals surface area contributed by atoms with Crippen LogP contribution in [0, 0.1) is 13.8 Å². The second-order valence-corrected chi connectivity index (χ2v) is 10.1. The second kappa shape index (κ2) is 8.07. The minimum Gasteiger partial charge on any atom is -0.298 e. The van der Waals surface area contributed by atoms with Crippen LogP contribution in [0.5, 0.6) is 0 Å². The number of hydrogen-bond donors (Lipinski definition) is 0. The number of carbonyl (C=O) groups excluding carboxylic acids is 1. The van der Waals surface area contributed by atoms with Gasteiger partial charge in [0.05, 0.1) is 4.90 Å². The topological polar surface area (TPSA) is 89.9 Å². The predicted octanol–water partition coefficient (Wildman–Crippen LogP) is 3.65. The van der Waals surface area contributed by atoms with E-state index in [2.05, 4.69) is 15.0 Å². The van der Waals surface area contributed by atoms with Crippen molar-refractivity contribution in [1.29, 1.82) is 0 Å². The van der Waals surface area contributed by atoms with Crippen molar-refractivity contribution in [2.75, 3.05) is 6.26 Å². The van der Waals surface area contributed by atoms with Gasteiger partial charge in [0.2, 0.25) is 0 Å². The fourth-order valence-electron chi connectivity index (χ4n) is 3.41. The third kappa shape index (κ3) is 4.62. The Hall–Kier alpha value is -2.93. The van der Waals surface area contributed by atoms with Gasteiger partial charge in [0.15, 0.2) is 9.84 Å². The Morgan fingerprint density at radius 2 is 1.63 bits per heavy atom. The van der Waals surface area contributed by atoms with Crippen molar-refractivity contribution in [1.82, 2.24) is 15.0 Å². The molecule has 7 heteroatoms. The van der Waals surface area contributed by atoms with Gasteiger partial charge in [0.1, 0.15) is 11.6 Å². The summed E-state index contributed by atoms with van der Waals surface area (Å²) >= 11 is 0. The molecule has 0 fully saturated rings. The van der Waals surface area contributed by atoms with Gasteiger partial charge in [0, 0.05) is 48.4 Å². The highest BCUT2D eigenvalue weighted by Crippen LogP contribution is 2.31. The normalized spacial score (nSPS) is 12.0. The van der Waals surface area contributed by atoms with Crippen LogP contribution in [0.1, 0.15) is 36.4 Å². The maximum absolute atomic E-state index is 13.1. The quantitative estimate of drug-likeness (QED) is 0.601. The number of aromatic nitrogens is 3. The molecule has 0 saturated carbocycles. The smallest absolute Gasteiger partial charge is 0.177 e. The highest BCUT2D eigenvalue weighted by molar-refractivity contribution is 7.90. The minimum absolute atomic E-state index is 0.00975. The van der Waals surface area contributed by atoms with E-state index in [9.17, 15) is 13.2 Å². The highest BCUT2D eigenvalue weighted by Gasteiger charge is 2.31. The number of rotatable bonds is 6. The molecule has 0 amide bonds. The second-order valence-electron chi connectivity index (χ2n) is 8.07. The molecule has 0 bridgehead atoms. The van der Waals surface area contributed by atoms with E-state index < -0.39 is 15.3 Å². The van der Waals surface area contributed by atoms with E-state index in [1.165, 1.54) is 18.5 Å². The molecule has 0 N–H and O–H groups in total. The molecule has 0 unspecified atom stereocenters. The molecule has 2 heterocycles.